The zero-order valence-corrected chi connectivity index (χ0v) is 10.1. The van der Waals surface area contributed by atoms with Crippen molar-refractivity contribution in [3.63, 3.8) is 0 Å². The molecule has 88 valence electrons. The number of hydrogen-bond acceptors (Lipinski definition) is 3. The molecular formula is C14H15NO2. The van der Waals surface area contributed by atoms with Crippen LogP contribution < -0.4 is 0 Å². The van der Waals surface area contributed by atoms with Crippen molar-refractivity contribution in [2.45, 2.75) is 20.3 Å². The molecule has 0 saturated heterocycles. The average molecular weight is 229 g/mol. The van der Waals surface area contributed by atoms with Crippen LogP contribution in [0, 0.1) is 0 Å². The van der Waals surface area contributed by atoms with Gasteiger partial charge in [0.1, 0.15) is 0 Å². The van der Waals surface area contributed by atoms with Gasteiger partial charge < -0.3 is 4.74 Å². The number of hydrogen-bond donors (Lipinski definition) is 0. The van der Waals surface area contributed by atoms with Gasteiger partial charge in [-0.1, -0.05) is 24.3 Å². The van der Waals surface area contributed by atoms with Gasteiger partial charge in [-0.25, -0.2) is 0 Å². The van der Waals surface area contributed by atoms with E-state index in [4.69, 9.17) is 4.74 Å². The fourth-order valence-corrected chi connectivity index (χ4v) is 1.90. The third kappa shape index (κ3) is 2.44. The SMILES string of the molecule is CCOC(=O)CC=C1C(C)=Nc2ccccc21. The first-order chi connectivity index (χ1) is 8.22. The lowest BCUT2D eigenvalue weighted by molar-refractivity contribution is -0.142. The van der Waals surface area contributed by atoms with Gasteiger partial charge in [-0.15, -0.1) is 0 Å². The molecule has 1 aromatic carbocycles. The van der Waals surface area contributed by atoms with E-state index in [-0.39, 0.29) is 5.97 Å². The molecule has 1 aromatic rings. The minimum absolute atomic E-state index is 0.197. The second-order valence-corrected chi connectivity index (χ2v) is 3.84. The molecule has 17 heavy (non-hydrogen) atoms. The van der Waals surface area contributed by atoms with E-state index in [2.05, 4.69) is 4.99 Å². The van der Waals surface area contributed by atoms with E-state index in [1.54, 1.807) is 0 Å². The molecule has 0 spiro atoms. The van der Waals surface area contributed by atoms with Crippen LogP contribution in [0.15, 0.2) is 35.3 Å². The van der Waals surface area contributed by atoms with Gasteiger partial charge in [-0.05, 0) is 19.9 Å². The van der Waals surface area contributed by atoms with Crippen molar-refractivity contribution in [3.05, 3.63) is 35.9 Å². The van der Waals surface area contributed by atoms with Crippen molar-refractivity contribution >= 4 is 22.9 Å². The normalized spacial score (nSPS) is 15.6. The monoisotopic (exact) mass is 229 g/mol. The summed E-state index contributed by atoms with van der Waals surface area (Å²) in [5.41, 5.74) is 4.05. The molecule has 0 amide bonds. The molecule has 3 heteroatoms. The molecule has 3 nitrogen and oxygen atoms in total. The Balaban J connectivity index is 2.20. The van der Waals surface area contributed by atoms with Crippen molar-refractivity contribution in [3.8, 4) is 0 Å². The number of carbonyl (C=O) groups excluding carboxylic acids is 1. The fourth-order valence-electron chi connectivity index (χ4n) is 1.90. The second kappa shape index (κ2) is 4.95. The van der Waals surface area contributed by atoms with Crippen LogP contribution >= 0.6 is 0 Å². The summed E-state index contributed by atoms with van der Waals surface area (Å²) in [7, 11) is 0. The summed E-state index contributed by atoms with van der Waals surface area (Å²) < 4.78 is 4.90. The van der Waals surface area contributed by atoms with Crippen LogP contribution in [0.25, 0.3) is 5.57 Å². The third-order valence-corrected chi connectivity index (χ3v) is 2.65. The third-order valence-electron chi connectivity index (χ3n) is 2.65. The van der Waals surface area contributed by atoms with E-state index >= 15 is 0 Å². The Hall–Kier alpha value is -1.90. The number of fused-ring (bicyclic) bond motifs is 1. The Bertz CT molecular complexity index is 501. The van der Waals surface area contributed by atoms with Gasteiger partial charge >= 0.3 is 5.97 Å². The molecule has 0 bridgehead atoms. The topological polar surface area (TPSA) is 38.7 Å². The Morgan fingerprint density at radius 2 is 2.18 bits per heavy atom. The minimum atomic E-state index is -0.197. The Morgan fingerprint density at radius 1 is 1.41 bits per heavy atom. The van der Waals surface area contributed by atoms with Gasteiger partial charge in [0.25, 0.3) is 0 Å². The number of rotatable bonds is 3. The number of aliphatic imine (C=N–C) groups is 1. The smallest absolute Gasteiger partial charge is 0.309 e. The molecule has 0 saturated carbocycles. The van der Waals surface area contributed by atoms with Crippen LogP contribution in [0.4, 0.5) is 5.69 Å². The first kappa shape index (κ1) is 11.6. The summed E-state index contributed by atoms with van der Waals surface area (Å²) in [4.78, 5) is 15.8. The molecule has 0 radical (unpaired) electrons. The average Bonchev–Trinajstić information content (AvgIpc) is 2.62. The molecule has 0 fully saturated rings. The van der Waals surface area contributed by atoms with E-state index in [1.165, 1.54) is 0 Å². The van der Waals surface area contributed by atoms with Gasteiger partial charge in [0.2, 0.25) is 0 Å². The molecule has 1 aliphatic rings. The standard InChI is InChI=1S/C14H15NO2/c1-3-17-14(16)9-8-11-10(2)15-13-7-5-4-6-12(11)13/h4-8H,3,9H2,1-2H3. The van der Waals surface area contributed by atoms with E-state index in [0.29, 0.717) is 13.0 Å². The maximum absolute atomic E-state index is 11.3. The van der Waals surface area contributed by atoms with Crippen LogP contribution in [0.3, 0.4) is 0 Å². The molecular weight excluding hydrogens is 214 g/mol. The highest BCUT2D eigenvalue weighted by atomic mass is 16.5. The van der Waals surface area contributed by atoms with Gasteiger partial charge in [-0.2, -0.15) is 0 Å². The highest BCUT2D eigenvalue weighted by Gasteiger charge is 2.16. The largest absolute Gasteiger partial charge is 0.466 e. The van der Waals surface area contributed by atoms with Crippen molar-refractivity contribution in [2.24, 2.45) is 4.99 Å². The number of benzene rings is 1. The van der Waals surface area contributed by atoms with Crippen LogP contribution in [-0.4, -0.2) is 18.3 Å². The zero-order valence-electron chi connectivity index (χ0n) is 10.1. The lowest BCUT2D eigenvalue weighted by Crippen LogP contribution is -2.02. The number of carbonyl (C=O) groups is 1. The van der Waals surface area contributed by atoms with E-state index in [9.17, 15) is 4.79 Å². The van der Waals surface area contributed by atoms with Gasteiger partial charge in [-0.3, -0.25) is 9.79 Å². The van der Waals surface area contributed by atoms with Crippen LogP contribution in [0.2, 0.25) is 0 Å². The lowest BCUT2D eigenvalue weighted by Gasteiger charge is -2.02. The zero-order chi connectivity index (χ0) is 12.3. The first-order valence-electron chi connectivity index (χ1n) is 5.73. The predicted molar refractivity (Wildman–Crippen MR) is 68.4 cm³/mol. The second-order valence-electron chi connectivity index (χ2n) is 3.84. The minimum Gasteiger partial charge on any atom is -0.466 e. The molecule has 0 unspecified atom stereocenters. The summed E-state index contributed by atoms with van der Waals surface area (Å²) in [5.74, 6) is -0.197. The first-order valence-corrected chi connectivity index (χ1v) is 5.73. The number of ether oxygens (including phenoxy) is 1. The molecule has 0 aromatic heterocycles. The summed E-state index contributed by atoms with van der Waals surface area (Å²) in [6, 6.07) is 7.94. The predicted octanol–water partition coefficient (Wildman–Crippen LogP) is 3.13. The number of para-hydroxylation sites is 1. The molecule has 1 heterocycles. The highest BCUT2D eigenvalue weighted by molar-refractivity contribution is 6.28. The summed E-state index contributed by atoms with van der Waals surface area (Å²) in [5, 5.41) is 0. The van der Waals surface area contributed by atoms with Crippen molar-refractivity contribution < 1.29 is 9.53 Å². The maximum Gasteiger partial charge on any atom is 0.309 e. The van der Waals surface area contributed by atoms with E-state index in [1.807, 2.05) is 44.2 Å². The van der Waals surface area contributed by atoms with Crippen LogP contribution in [0.5, 0.6) is 0 Å². The van der Waals surface area contributed by atoms with Crippen molar-refractivity contribution in [2.75, 3.05) is 6.61 Å². The number of allylic oxidation sites excluding steroid dienone is 1. The summed E-state index contributed by atoms with van der Waals surface area (Å²) >= 11 is 0. The Morgan fingerprint density at radius 3 is 2.94 bits per heavy atom. The number of nitrogens with zero attached hydrogens (tertiary/aromatic N) is 1. The molecule has 0 atom stereocenters. The Kier molecular flexibility index (Phi) is 3.38. The van der Waals surface area contributed by atoms with Gasteiger partial charge in [0.15, 0.2) is 0 Å². The summed E-state index contributed by atoms with van der Waals surface area (Å²) in [6.45, 7) is 4.19. The van der Waals surface area contributed by atoms with Gasteiger partial charge in [0, 0.05) is 16.8 Å². The quantitative estimate of drug-likeness (QED) is 0.747. The fraction of sp³-hybridized carbons (Fsp3) is 0.286. The van der Waals surface area contributed by atoms with Gasteiger partial charge in [0.05, 0.1) is 18.7 Å². The van der Waals surface area contributed by atoms with Crippen molar-refractivity contribution in [1.29, 1.82) is 0 Å². The molecule has 0 N–H and O–H groups in total. The Labute approximate surface area is 101 Å². The summed E-state index contributed by atoms with van der Waals surface area (Å²) in [6.07, 6.45) is 2.19. The van der Waals surface area contributed by atoms with Crippen molar-refractivity contribution in [1.82, 2.24) is 0 Å². The van der Waals surface area contributed by atoms with Crippen LogP contribution in [0.1, 0.15) is 25.8 Å². The molecule has 0 aliphatic carbocycles. The van der Waals surface area contributed by atoms with E-state index in [0.717, 1.165) is 22.5 Å². The van der Waals surface area contributed by atoms with E-state index < -0.39 is 0 Å². The van der Waals surface area contributed by atoms with Crippen LogP contribution in [-0.2, 0) is 9.53 Å². The maximum atomic E-state index is 11.3. The molecule has 1 aliphatic heterocycles. The lowest BCUT2D eigenvalue weighted by atomic mass is 10.0. The molecule has 2 rings (SSSR count). The number of esters is 1. The highest BCUT2D eigenvalue weighted by Crippen LogP contribution is 2.34.